The van der Waals surface area contributed by atoms with Gasteiger partial charge in [-0.1, -0.05) is 31.4 Å². The maximum atomic E-state index is 11.8. The van der Waals surface area contributed by atoms with Gasteiger partial charge in [-0.25, -0.2) is 4.79 Å². The number of rotatable bonds is 7. The topological polar surface area (TPSA) is 75.6 Å². The number of aromatic carboxylic acids is 1. The summed E-state index contributed by atoms with van der Waals surface area (Å²) in [5.41, 5.74) is 0.900. The summed E-state index contributed by atoms with van der Waals surface area (Å²) in [5, 5.41) is 11.7. The minimum atomic E-state index is -0.983. The molecule has 2 rings (SSSR count). The van der Waals surface area contributed by atoms with Crippen molar-refractivity contribution in [1.29, 1.82) is 0 Å². The number of hydrogen-bond acceptors (Lipinski definition) is 3. The van der Waals surface area contributed by atoms with Gasteiger partial charge >= 0.3 is 5.97 Å². The van der Waals surface area contributed by atoms with Gasteiger partial charge in [-0.3, -0.25) is 4.79 Å². The van der Waals surface area contributed by atoms with Crippen LogP contribution in [0.15, 0.2) is 24.3 Å². The molecule has 0 spiro atoms. The minimum absolute atomic E-state index is 0.116. The number of carbonyl (C=O) groups excluding carboxylic acids is 1. The summed E-state index contributed by atoms with van der Waals surface area (Å²) < 4.78 is 5.74. The quantitative estimate of drug-likeness (QED) is 0.758. The summed E-state index contributed by atoms with van der Waals surface area (Å²) in [6, 6.07) is 6.45. The highest BCUT2D eigenvalue weighted by atomic mass is 16.5. The van der Waals surface area contributed by atoms with Gasteiger partial charge in [-0.2, -0.15) is 0 Å². The molecular weight excluding hydrogens is 282 g/mol. The van der Waals surface area contributed by atoms with Gasteiger partial charge < -0.3 is 15.2 Å². The molecule has 1 amide bonds. The molecule has 5 nitrogen and oxygen atoms in total. The summed E-state index contributed by atoms with van der Waals surface area (Å²) in [7, 11) is 0. The molecule has 1 aliphatic carbocycles. The molecule has 5 heteroatoms. The summed E-state index contributed by atoms with van der Waals surface area (Å²) >= 11 is 0. The number of hydrogen-bond donors (Lipinski definition) is 2. The molecule has 1 fully saturated rings. The molecule has 0 bridgehead atoms. The third-order valence-corrected chi connectivity index (χ3v) is 3.87. The van der Waals surface area contributed by atoms with Gasteiger partial charge in [-0.05, 0) is 30.5 Å². The standard InChI is InChI=1S/C17H23NO4/c19-16(12-13-5-4-6-14(11-13)17(20)21)18-9-10-22-15-7-2-1-3-8-15/h4-6,11,15H,1-3,7-10,12H2,(H,18,19)(H,20,21). The summed E-state index contributed by atoms with van der Waals surface area (Å²) in [5.74, 6) is -1.10. The van der Waals surface area contributed by atoms with Crippen molar-refractivity contribution < 1.29 is 19.4 Å². The number of benzene rings is 1. The molecule has 2 N–H and O–H groups in total. The normalized spacial score (nSPS) is 15.5. The van der Waals surface area contributed by atoms with Crippen molar-refractivity contribution in [3.8, 4) is 0 Å². The largest absolute Gasteiger partial charge is 0.478 e. The van der Waals surface area contributed by atoms with Gasteiger partial charge in [0.15, 0.2) is 0 Å². The van der Waals surface area contributed by atoms with Crippen molar-refractivity contribution in [2.24, 2.45) is 0 Å². The average molecular weight is 305 g/mol. The number of carboxylic acid groups (broad SMARTS) is 1. The van der Waals surface area contributed by atoms with Crippen LogP contribution in [-0.4, -0.2) is 36.2 Å². The first-order chi connectivity index (χ1) is 10.6. The summed E-state index contributed by atoms with van der Waals surface area (Å²) in [6.45, 7) is 1.03. The van der Waals surface area contributed by atoms with Crippen LogP contribution in [0.5, 0.6) is 0 Å². The molecule has 1 aromatic rings. The highest BCUT2D eigenvalue weighted by Gasteiger charge is 2.13. The van der Waals surface area contributed by atoms with E-state index in [1.54, 1.807) is 12.1 Å². The van der Waals surface area contributed by atoms with E-state index < -0.39 is 5.97 Å². The van der Waals surface area contributed by atoms with Crippen LogP contribution in [0.3, 0.4) is 0 Å². The van der Waals surface area contributed by atoms with Crippen molar-refractivity contribution in [1.82, 2.24) is 5.32 Å². The van der Waals surface area contributed by atoms with E-state index in [-0.39, 0.29) is 17.9 Å². The molecule has 0 heterocycles. The third kappa shape index (κ3) is 5.48. The number of amides is 1. The second kappa shape index (κ2) is 8.54. The van der Waals surface area contributed by atoms with E-state index in [4.69, 9.17) is 9.84 Å². The lowest BCUT2D eigenvalue weighted by atomic mass is 9.98. The molecule has 1 aromatic carbocycles. The molecule has 1 saturated carbocycles. The second-order valence-corrected chi connectivity index (χ2v) is 5.66. The molecule has 0 saturated heterocycles. The second-order valence-electron chi connectivity index (χ2n) is 5.66. The minimum Gasteiger partial charge on any atom is -0.478 e. The summed E-state index contributed by atoms with van der Waals surface area (Å²) in [4.78, 5) is 22.7. The molecule has 0 atom stereocenters. The third-order valence-electron chi connectivity index (χ3n) is 3.87. The van der Waals surface area contributed by atoms with E-state index >= 15 is 0 Å². The highest BCUT2D eigenvalue weighted by molar-refractivity contribution is 5.88. The average Bonchev–Trinajstić information content (AvgIpc) is 2.53. The van der Waals surface area contributed by atoms with Crippen molar-refractivity contribution in [2.75, 3.05) is 13.2 Å². The van der Waals surface area contributed by atoms with Crippen LogP contribution in [0, 0.1) is 0 Å². The Balaban J connectivity index is 1.67. The van der Waals surface area contributed by atoms with Gasteiger partial charge in [0.1, 0.15) is 0 Å². The predicted molar refractivity (Wildman–Crippen MR) is 82.9 cm³/mol. The van der Waals surface area contributed by atoms with Crippen molar-refractivity contribution in [2.45, 2.75) is 44.6 Å². The lowest BCUT2D eigenvalue weighted by Gasteiger charge is -2.22. The van der Waals surface area contributed by atoms with Gasteiger partial charge in [0.05, 0.1) is 24.7 Å². The Hall–Kier alpha value is -1.88. The van der Waals surface area contributed by atoms with E-state index in [2.05, 4.69) is 5.32 Å². The van der Waals surface area contributed by atoms with E-state index in [1.807, 2.05) is 0 Å². The molecule has 0 radical (unpaired) electrons. The zero-order valence-corrected chi connectivity index (χ0v) is 12.7. The zero-order chi connectivity index (χ0) is 15.8. The van der Waals surface area contributed by atoms with Gasteiger partial charge in [0, 0.05) is 6.54 Å². The lowest BCUT2D eigenvalue weighted by molar-refractivity contribution is -0.120. The Kier molecular flexibility index (Phi) is 6.40. The highest BCUT2D eigenvalue weighted by Crippen LogP contribution is 2.19. The first-order valence-electron chi connectivity index (χ1n) is 7.85. The SMILES string of the molecule is O=C(Cc1cccc(C(=O)O)c1)NCCOC1CCCCC1. The Morgan fingerprint density at radius 1 is 1.23 bits per heavy atom. The number of nitrogens with one attached hydrogen (secondary N) is 1. The van der Waals surface area contributed by atoms with Crippen molar-refractivity contribution in [3.63, 3.8) is 0 Å². The van der Waals surface area contributed by atoms with Crippen molar-refractivity contribution in [3.05, 3.63) is 35.4 Å². The van der Waals surface area contributed by atoms with Crippen LogP contribution in [0.2, 0.25) is 0 Å². The van der Waals surface area contributed by atoms with Crippen LogP contribution in [-0.2, 0) is 16.0 Å². The fourth-order valence-corrected chi connectivity index (χ4v) is 2.71. The van der Waals surface area contributed by atoms with E-state index in [0.29, 0.717) is 24.8 Å². The van der Waals surface area contributed by atoms with Crippen LogP contribution < -0.4 is 5.32 Å². The van der Waals surface area contributed by atoms with E-state index in [9.17, 15) is 9.59 Å². The van der Waals surface area contributed by atoms with Crippen LogP contribution in [0.4, 0.5) is 0 Å². The summed E-state index contributed by atoms with van der Waals surface area (Å²) in [6.07, 6.45) is 6.54. The van der Waals surface area contributed by atoms with Gasteiger partial charge in [-0.15, -0.1) is 0 Å². The maximum Gasteiger partial charge on any atom is 0.335 e. The molecule has 0 aromatic heterocycles. The molecule has 120 valence electrons. The zero-order valence-electron chi connectivity index (χ0n) is 12.7. The smallest absolute Gasteiger partial charge is 0.335 e. The van der Waals surface area contributed by atoms with Gasteiger partial charge in [0.25, 0.3) is 0 Å². The Morgan fingerprint density at radius 2 is 2.00 bits per heavy atom. The fourth-order valence-electron chi connectivity index (χ4n) is 2.71. The Morgan fingerprint density at radius 3 is 2.73 bits per heavy atom. The number of ether oxygens (including phenoxy) is 1. The number of carboxylic acids is 1. The molecule has 0 unspecified atom stereocenters. The first kappa shape index (κ1) is 16.5. The molecule has 0 aliphatic heterocycles. The Bertz CT molecular complexity index is 509. The van der Waals surface area contributed by atoms with E-state index in [1.165, 1.54) is 31.4 Å². The monoisotopic (exact) mass is 305 g/mol. The lowest BCUT2D eigenvalue weighted by Crippen LogP contribution is -2.30. The fraction of sp³-hybridized carbons (Fsp3) is 0.529. The van der Waals surface area contributed by atoms with Gasteiger partial charge in [0.2, 0.25) is 5.91 Å². The maximum absolute atomic E-state index is 11.8. The number of carbonyl (C=O) groups is 2. The molecule has 1 aliphatic rings. The van der Waals surface area contributed by atoms with Crippen molar-refractivity contribution >= 4 is 11.9 Å². The first-order valence-corrected chi connectivity index (χ1v) is 7.85. The molecule has 22 heavy (non-hydrogen) atoms. The molecular formula is C17H23NO4. The Labute approximate surface area is 130 Å². The van der Waals surface area contributed by atoms with Crippen LogP contribution in [0.25, 0.3) is 0 Å². The predicted octanol–water partition coefficient (Wildman–Crippen LogP) is 2.39. The van der Waals surface area contributed by atoms with Crippen LogP contribution in [0.1, 0.15) is 48.0 Å². The van der Waals surface area contributed by atoms with E-state index in [0.717, 1.165) is 12.8 Å². The van der Waals surface area contributed by atoms with Crippen LogP contribution >= 0.6 is 0 Å².